The van der Waals surface area contributed by atoms with Gasteiger partial charge in [0.1, 0.15) is 0 Å². The second-order valence-corrected chi connectivity index (χ2v) is 13.0. The maximum Gasteiger partial charge on any atom is 0.0547 e. The van der Waals surface area contributed by atoms with Gasteiger partial charge in [0.25, 0.3) is 0 Å². The van der Waals surface area contributed by atoms with Crippen molar-refractivity contribution in [3.8, 4) is 44.8 Å². The number of hydrogen-bond acceptors (Lipinski definition) is 0. The molecule has 8 aromatic carbocycles. The van der Waals surface area contributed by atoms with E-state index in [0.717, 1.165) is 5.69 Å². The van der Waals surface area contributed by atoms with E-state index in [1.165, 1.54) is 82.7 Å². The first kappa shape index (κ1) is 28.4. The smallest absolute Gasteiger partial charge is 0.0547 e. The number of para-hydroxylation sites is 3. The molecule has 0 N–H and O–H groups in total. The summed E-state index contributed by atoms with van der Waals surface area (Å²) in [6, 6.07) is 70.4. The van der Waals surface area contributed by atoms with Crippen molar-refractivity contribution < 1.29 is 0 Å². The molecule has 10 rings (SSSR count). The van der Waals surface area contributed by atoms with Crippen molar-refractivity contribution in [1.82, 2.24) is 9.13 Å². The first-order valence-electron chi connectivity index (χ1n) is 17.2. The van der Waals surface area contributed by atoms with E-state index in [9.17, 15) is 0 Å². The van der Waals surface area contributed by atoms with Crippen LogP contribution in [-0.2, 0) is 0 Å². The summed E-state index contributed by atoms with van der Waals surface area (Å²) in [6.07, 6.45) is 0. The third-order valence-electron chi connectivity index (χ3n) is 10.1. The highest BCUT2D eigenvalue weighted by Crippen LogP contribution is 2.38. The Morgan fingerprint density at radius 2 is 0.680 bits per heavy atom. The number of aromatic nitrogens is 2. The molecule has 10 aromatic rings. The minimum atomic E-state index is 1.15. The van der Waals surface area contributed by atoms with Crippen LogP contribution in [0.25, 0.3) is 88.4 Å². The minimum absolute atomic E-state index is 1.15. The number of benzene rings is 8. The highest BCUT2D eigenvalue weighted by Gasteiger charge is 2.16. The van der Waals surface area contributed by atoms with E-state index < -0.39 is 0 Å². The second kappa shape index (κ2) is 11.5. The Morgan fingerprint density at radius 3 is 1.44 bits per heavy atom. The monoisotopic (exact) mass is 636 g/mol. The number of fused-ring (bicyclic) bond motifs is 6. The molecule has 0 atom stereocenters. The number of nitrogens with zero attached hydrogens (tertiary/aromatic N) is 2. The lowest BCUT2D eigenvalue weighted by Gasteiger charge is -2.12. The van der Waals surface area contributed by atoms with Gasteiger partial charge >= 0.3 is 0 Å². The summed E-state index contributed by atoms with van der Waals surface area (Å²) < 4.78 is 4.80. The molecule has 0 spiro atoms. The molecule has 0 aliphatic carbocycles. The molecule has 2 nitrogen and oxygen atoms in total. The standard InChI is InChI=1S/C48H32N2/c1-3-13-33(14-4-1)34-15-11-16-35(29-34)36-17-12-20-40(30-36)50-46-24-10-8-22-42(46)44-31-37(26-28-47(44)50)38-25-27-43-41-21-7-9-23-45(41)49(48(43)32-38)39-18-5-2-6-19-39/h1-32H. The lowest BCUT2D eigenvalue weighted by atomic mass is 9.99. The lowest BCUT2D eigenvalue weighted by Crippen LogP contribution is -1.94. The highest BCUT2D eigenvalue weighted by molar-refractivity contribution is 6.12. The van der Waals surface area contributed by atoms with Crippen LogP contribution in [0.15, 0.2) is 194 Å². The van der Waals surface area contributed by atoms with Crippen LogP contribution in [0.2, 0.25) is 0 Å². The summed E-state index contributed by atoms with van der Waals surface area (Å²) >= 11 is 0. The molecule has 0 aliphatic rings. The summed E-state index contributed by atoms with van der Waals surface area (Å²) in [5.41, 5.74) is 14.4. The van der Waals surface area contributed by atoms with Crippen molar-refractivity contribution in [3.05, 3.63) is 194 Å². The fourth-order valence-electron chi connectivity index (χ4n) is 7.77. The zero-order valence-corrected chi connectivity index (χ0v) is 27.4. The first-order valence-corrected chi connectivity index (χ1v) is 17.2. The van der Waals surface area contributed by atoms with Crippen LogP contribution in [0, 0.1) is 0 Å². The van der Waals surface area contributed by atoms with Crippen LogP contribution < -0.4 is 0 Å². The molecule has 0 saturated heterocycles. The fourth-order valence-corrected chi connectivity index (χ4v) is 7.77. The molecule has 0 radical (unpaired) electrons. The van der Waals surface area contributed by atoms with Crippen molar-refractivity contribution in [2.75, 3.05) is 0 Å². The van der Waals surface area contributed by atoms with Gasteiger partial charge in [-0.15, -0.1) is 0 Å². The van der Waals surface area contributed by atoms with E-state index in [-0.39, 0.29) is 0 Å². The van der Waals surface area contributed by atoms with Crippen LogP contribution in [0.3, 0.4) is 0 Å². The molecule has 2 heterocycles. The van der Waals surface area contributed by atoms with Gasteiger partial charge in [0.15, 0.2) is 0 Å². The molecule has 0 aliphatic heterocycles. The predicted molar refractivity (Wildman–Crippen MR) is 211 cm³/mol. The van der Waals surface area contributed by atoms with Gasteiger partial charge in [-0.3, -0.25) is 0 Å². The maximum absolute atomic E-state index is 2.41. The van der Waals surface area contributed by atoms with Gasteiger partial charge in [0, 0.05) is 32.9 Å². The van der Waals surface area contributed by atoms with Crippen LogP contribution in [-0.4, -0.2) is 9.13 Å². The number of rotatable bonds is 5. The molecule has 0 amide bonds. The summed E-state index contributed by atoms with van der Waals surface area (Å²) in [6.45, 7) is 0. The van der Waals surface area contributed by atoms with E-state index in [1.54, 1.807) is 0 Å². The molecule has 0 bridgehead atoms. The zero-order chi connectivity index (χ0) is 33.0. The van der Waals surface area contributed by atoms with Crippen molar-refractivity contribution in [2.24, 2.45) is 0 Å². The Labute approximate surface area is 290 Å². The molecule has 2 heteroatoms. The Morgan fingerprint density at radius 1 is 0.220 bits per heavy atom. The largest absolute Gasteiger partial charge is 0.309 e. The van der Waals surface area contributed by atoms with Crippen molar-refractivity contribution >= 4 is 43.6 Å². The average Bonchev–Trinajstić information content (AvgIpc) is 3.71. The maximum atomic E-state index is 2.41. The SMILES string of the molecule is c1ccc(-c2cccc(-c3cccc(-n4c5ccccc5c5cc(-c6ccc7c8ccccc8n(-c8ccccc8)c7c6)ccc54)c3)c2)cc1. The number of hydrogen-bond donors (Lipinski definition) is 0. The lowest BCUT2D eigenvalue weighted by molar-refractivity contribution is 1.18. The third-order valence-corrected chi connectivity index (χ3v) is 10.1. The Hall–Kier alpha value is -6.64. The van der Waals surface area contributed by atoms with Crippen molar-refractivity contribution in [2.45, 2.75) is 0 Å². The quantitative estimate of drug-likeness (QED) is 0.178. The van der Waals surface area contributed by atoms with E-state index in [0.29, 0.717) is 0 Å². The molecular weight excluding hydrogens is 605 g/mol. The molecule has 50 heavy (non-hydrogen) atoms. The third kappa shape index (κ3) is 4.57. The van der Waals surface area contributed by atoms with Crippen LogP contribution in [0.5, 0.6) is 0 Å². The minimum Gasteiger partial charge on any atom is -0.309 e. The summed E-state index contributed by atoms with van der Waals surface area (Å²) in [5, 5.41) is 5.03. The van der Waals surface area contributed by atoms with Gasteiger partial charge in [-0.25, -0.2) is 0 Å². The van der Waals surface area contributed by atoms with E-state index in [2.05, 4.69) is 203 Å². The predicted octanol–water partition coefficient (Wildman–Crippen LogP) is 12.9. The van der Waals surface area contributed by atoms with E-state index >= 15 is 0 Å². The van der Waals surface area contributed by atoms with Gasteiger partial charge in [-0.05, 0) is 94.0 Å². The average molecular weight is 637 g/mol. The van der Waals surface area contributed by atoms with Gasteiger partial charge in [0.05, 0.1) is 22.1 Å². The topological polar surface area (TPSA) is 9.86 Å². The van der Waals surface area contributed by atoms with Gasteiger partial charge < -0.3 is 9.13 Å². The first-order chi connectivity index (χ1) is 24.8. The molecular formula is C48H32N2. The zero-order valence-electron chi connectivity index (χ0n) is 27.4. The Kier molecular flexibility index (Phi) is 6.53. The summed E-state index contributed by atoms with van der Waals surface area (Å²) in [7, 11) is 0. The fraction of sp³-hybridized carbons (Fsp3) is 0. The molecule has 234 valence electrons. The van der Waals surface area contributed by atoms with Gasteiger partial charge in [-0.2, -0.15) is 0 Å². The molecule has 2 aromatic heterocycles. The molecule has 0 saturated carbocycles. The second-order valence-electron chi connectivity index (χ2n) is 13.0. The Balaban J connectivity index is 1.12. The highest BCUT2D eigenvalue weighted by atomic mass is 15.0. The van der Waals surface area contributed by atoms with Crippen LogP contribution >= 0.6 is 0 Å². The van der Waals surface area contributed by atoms with Gasteiger partial charge in [0.2, 0.25) is 0 Å². The van der Waals surface area contributed by atoms with Crippen LogP contribution in [0.1, 0.15) is 0 Å². The van der Waals surface area contributed by atoms with Crippen molar-refractivity contribution in [1.29, 1.82) is 0 Å². The van der Waals surface area contributed by atoms with Crippen molar-refractivity contribution in [3.63, 3.8) is 0 Å². The van der Waals surface area contributed by atoms with Gasteiger partial charge in [-0.1, -0.05) is 133 Å². The van der Waals surface area contributed by atoms with E-state index in [1.807, 2.05) is 0 Å². The normalized spacial score (nSPS) is 11.6. The summed E-state index contributed by atoms with van der Waals surface area (Å²) in [4.78, 5) is 0. The summed E-state index contributed by atoms with van der Waals surface area (Å²) in [5.74, 6) is 0. The van der Waals surface area contributed by atoms with Crippen LogP contribution in [0.4, 0.5) is 0 Å². The molecule has 0 unspecified atom stereocenters. The van der Waals surface area contributed by atoms with E-state index in [4.69, 9.17) is 0 Å². The Bertz CT molecular complexity index is 2860. The molecule has 0 fully saturated rings.